The average Bonchev–Trinajstić information content (AvgIpc) is 2.43. The van der Waals surface area contributed by atoms with Crippen LogP contribution in [0.5, 0.6) is 0 Å². The van der Waals surface area contributed by atoms with Gasteiger partial charge in [0.05, 0.1) is 11.5 Å². The van der Waals surface area contributed by atoms with Crippen molar-refractivity contribution in [2.75, 3.05) is 0 Å². The van der Waals surface area contributed by atoms with Gasteiger partial charge in [-0.15, -0.1) is 18.2 Å². The fourth-order valence-corrected chi connectivity index (χ4v) is 1.29. The van der Waals surface area contributed by atoms with Gasteiger partial charge in [-0.3, -0.25) is 0 Å². The Labute approximate surface area is 67.0 Å². The first-order valence-electron chi connectivity index (χ1n) is 3.55. The van der Waals surface area contributed by atoms with Crippen LogP contribution >= 0.6 is 11.6 Å². The topological polar surface area (TPSA) is 12.5 Å². The van der Waals surface area contributed by atoms with Gasteiger partial charge in [-0.1, -0.05) is 5.57 Å². The molecule has 1 heterocycles. The highest BCUT2D eigenvalue weighted by atomic mass is 35.5. The molecule has 0 aliphatic carbocycles. The summed E-state index contributed by atoms with van der Waals surface area (Å²) in [4.78, 5) is 0. The quantitative estimate of drug-likeness (QED) is 0.351. The molecule has 10 heavy (non-hydrogen) atoms. The molecule has 0 amide bonds. The zero-order chi connectivity index (χ0) is 7.72. The Morgan fingerprint density at radius 2 is 2.40 bits per heavy atom. The van der Waals surface area contributed by atoms with Gasteiger partial charge in [-0.25, -0.2) is 0 Å². The highest BCUT2D eigenvalue weighted by Gasteiger charge is 2.41. The molecule has 1 rings (SSSR count). The van der Waals surface area contributed by atoms with Crippen molar-refractivity contribution in [3.8, 4) is 0 Å². The van der Waals surface area contributed by atoms with Crippen LogP contribution in [0, 0.1) is 0 Å². The van der Waals surface area contributed by atoms with Gasteiger partial charge in [-0.2, -0.15) is 0 Å². The number of hydrogen-bond acceptors (Lipinski definition) is 1. The second kappa shape index (κ2) is 2.93. The van der Waals surface area contributed by atoms with E-state index in [0.29, 0.717) is 6.10 Å². The first-order chi connectivity index (χ1) is 4.61. The highest BCUT2D eigenvalue weighted by Crippen LogP contribution is 2.32. The van der Waals surface area contributed by atoms with E-state index in [-0.39, 0.29) is 11.5 Å². The Morgan fingerprint density at radius 1 is 1.80 bits per heavy atom. The first kappa shape index (κ1) is 8.09. The number of halogens is 1. The summed E-state index contributed by atoms with van der Waals surface area (Å²) in [7, 11) is 0. The Kier molecular flexibility index (Phi) is 2.37. The third-order valence-electron chi connectivity index (χ3n) is 1.62. The lowest BCUT2D eigenvalue weighted by atomic mass is 10.1. The second-order valence-electron chi connectivity index (χ2n) is 2.98. The molecule has 3 atom stereocenters. The van der Waals surface area contributed by atoms with Gasteiger partial charge in [0.1, 0.15) is 6.10 Å². The minimum absolute atomic E-state index is 0.143. The lowest BCUT2D eigenvalue weighted by Crippen LogP contribution is -2.05. The number of rotatable bonds is 3. The summed E-state index contributed by atoms with van der Waals surface area (Å²) in [6.07, 6.45) is 1.59. The lowest BCUT2D eigenvalue weighted by molar-refractivity contribution is 0.367. The van der Waals surface area contributed by atoms with Crippen LogP contribution in [0.3, 0.4) is 0 Å². The Hall–Kier alpha value is -0.0100. The monoisotopic (exact) mass is 160 g/mol. The van der Waals surface area contributed by atoms with Crippen molar-refractivity contribution in [1.29, 1.82) is 0 Å². The summed E-state index contributed by atoms with van der Waals surface area (Å²) >= 11 is 5.80. The van der Waals surface area contributed by atoms with Gasteiger partial charge in [-0.05, 0) is 20.3 Å². The molecule has 2 heteroatoms. The molecular weight excluding hydrogens is 148 g/mol. The maximum Gasteiger partial charge on any atom is 0.101 e. The van der Waals surface area contributed by atoms with Crippen molar-refractivity contribution in [1.82, 2.24) is 0 Å². The molecule has 0 radical (unpaired) electrons. The van der Waals surface area contributed by atoms with Crippen molar-refractivity contribution in [2.45, 2.75) is 37.9 Å². The molecule has 0 aromatic carbocycles. The van der Waals surface area contributed by atoms with Crippen LogP contribution in [0.1, 0.15) is 20.3 Å². The van der Waals surface area contributed by atoms with E-state index < -0.39 is 0 Å². The fourth-order valence-electron chi connectivity index (χ4n) is 1.07. The molecule has 0 aromatic heterocycles. The minimum atomic E-state index is 0.143. The molecule has 0 saturated carbocycles. The smallest absolute Gasteiger partial charge is 0.101 e. The first-order valence-corrected chi connectivity index (χ1v) is 3.99. The van der Waals surface area contributed by atoms with Crippen molar-refractivity contribution in [3.63, 3.8) is 0 Å². The van der Waals surface area contributed by atoms with Gasteiger partial charge in [0.2, 0.25) is 0 Å². The van der Waals surface area contributed by atoms with Crippen LogP contribution in [0.4, 0.5) is 0 Å². The number of epoxide rings is 1. The normalized spacial score (nSPS) is 33.5. The van der Waals surface area contributed by atoms with Crippen LogP contribution in [-0.4, -0.2) is 17.6 Å². The summed E-state index contributed by atoms with van der Waals surface area (Å²) in [6, 6.07) is 0. The largest absolute Gasteiger partial charge is 0.368 e. The highest BCUT2D eigenvalue weighted by molar-refractivity contribution is 6.21. The van der Waals surface area contributed by atoms with E-state index in [1.54, 1.807) is 0 Å². The average molecular weight is 161 g/mol. The van der Waals surface area contributed by atoms with Crippen molar-refractivity contribution < 1.29 is 4.74 Å². The number of hydrogen-bond donors (Lipinski definition) is 0. The van der Waals surface area contributed by atoms with Crippen LogP contribution in [0.2, 0.25) is 0 Å². The Balaban J connectivity index is 2.19. The van der Waals surface area contributed by atoms with Gasteiger partial charge in [0.15, 0.2) is 0 Å². The minimum Gasteiger partial charge on any atom is -0.368 e. The zero-order valence-electron chi connectivity index (χ0n) is 6.43. The van der Waals surface area contributed by atoms with E-state index in [4.69, 9.17) is 16.3 Å². The second-order valence-corrected chi connectivity index (χ2v) is 3.67. The third-order valence-corrected chi connectivity index (χ3v) is 1.87. The summed E-state index contributed by atoms with van der Waals surface area (Å²) in [5.41, 5.74) is 1.17. The van der Waals surface area contributed by atoms with Gasteiger partial charge >= 0.3 is 0 Å². The molecule has 1 fully saturated rings. The zero-order valence-corrected chi connectivity index (χ0v) is 7.19. The fraction of sp³-hybridized carbons (Fsp3) is 0.750. The van der Waals surface area contributed by atoms with Crippen LogP contribution in [0.25, 0.3) is 0 Å². The van der Waals surface area contributed by atoms with E-state index in [2.05, 4.69) is 6.58 Å². The standard InChI is InChI=1S/C8H13ClO/c1-5(2)4-7-8(10-7)6(3)9/h6-8H,1,4H2,2-3H3/t6-,7-,8+/m0/s1. The molecular formula is C8H13ClO. The van der Waals surface area contributed by atoms with Crippen LogP contribution < -0.4 is 0 Å². The van der Waals surface area contributed by atoms with Crippen LogP contribution in [-0.2, 0) is 4.74 Å². The molecule has 0 spiro atoms. The van der Waals surface area contributed by atoms with Crippen molar-refractivity contribution in [3.05, 3.63) is 12.2 Å². The molecule has 1 nitrogen and oxygen atoms in total. The molecule has 1 aliphatic rings. The molecule has 0 N–H and O–H groups in total. The summed E-state index contributed by atoms with van der Waals surface area (Å²) in [5, 5.41) is 0.143. The maximum absolute atomic E-state index is 5.80. The van der Waals surface area contributed by atoms with E-state index >= 15 is 0 Å². The number of alkyl halides is 1. The predicted molar refractivity (Wildman–Crippen MR) is 43.4 cm³/mol. The summed E-state index contributed by atoms with van der Waals surface area (Å²) < 4.78 is 5.30. The summed E-state index contributed by atoms with van der Waals surface area (Å²) in [6.45, 7) is 7.78. The van der Waals surface area contributed by atoms with Gasteiger partial charge in [0, 0.05) is 0 Å². The Morgan fingerprint density at radius 3 is 2.70 bits per heavy atom. The predicted octanol–water partition coefficient (Wildman–Crippen LogP) is 2.35. The SMILES string of the molecule is C=C(C)C[C@@H]1O[C@@H]1[C@H](C)Cl. The van der Waals surface area contributed by atoms with E-state index in [9.17, 15) is 0 Å². The van der Waals surface area contributed by atoms with E-state index in [0.717, 1.165) is 6.42 Å². The molecule has 0 unspecified atom stereocenters. The van der Waals surface area contributed by atoms with Gasteiger partial charge < -0.3 is 4.74 Å². The number of ether oxygens (including phenoxy) is 1. The van der Waals surface area contributed by atoms with E-state index in [1.165, 1.54) is 5.57 Å². The molecule has 1 aliphatic heterocycles. The maximum atomic E-state index is 5.80. The van der Waals surface area contributed by atoms with Crippen molar-refractivity contribution >= 4 is 11.6 Å². The third kappa shape index (κ3) is 1.99. The van der Waals surface area contributed by atoms with Crippen molar-refractivity contribution in [2.24, 2.45) is 0 Å². The lowest BCUT2D eigenvalue weighted by Gasteiger charge is -1.94. The van der Waals surface area contributed by atoms with Crippen LogP contribution in [0.15, 0.2) is 12.2 Å². The summed E-state index contributed by atoms with van der Waals surface area (Å²) in [5.74, 6) is 0. The molecule has 1 saturated heterocycles. The molecule has 0 bridgehead atoms. The molecule has 58 valence electrons. The van der Waals surface area contributed by atoms with E-state index in [1.807, 2.05) is 13.8 Å². The Bertz CT molecular complexity index is 142. The van der Waals surface area contributed by atoms with Gasteiger partial charge in [0.25, 0.3) is 0 Å². The molecule has 0 aromatic rings.